The standard InChI is InChI=1S/C12H13BrO5/c1-18-10(14)5-4-7-2-3-8(6-9(7)13)11(15)12(16)17/h2-3,6,11,15H,4-5H2,1H3,(H,16,17). The molecule has 1 unspecified atom stereocenters. The third kappa shape index (κ3) is 3.82. The zero-order chi connectivity index (χ0) is 13.7. The Hall–Kier alpha value is -1.40. The predicted molar refractivity (Wildman–Crippen MR) is 67.1 cm³/mol. The van der Waals surface area contributed by atoms with Crippen LogP contribution in [0.1, 0.15) is 23.7 Å². The summed E-state index contributed by atoms with van der Waals surface area (Å²) < 4.78 is 5.19. The molecule has 0 fully saturated rings. The minimum absolute atomic E-state index is 0.246. The molecule has 0 aliphatic heterocycles. The molecule has 1 aromatic carbocycles. The van der Waals surface area contributed by atoms with Gasteiger partial charge >= 0.3 is 11.9 Å². The molecular weight excluding hydrogens is 304 g/mol. The number of halogens is 1. The van der Waals surface area contributed by atoms with Crippen LogP contribution < -0.4 is 0 Å². The monoisotopic (exact) mass is 316 g/mol. The minimum Gasteiger partial charge on any atom is -0.479 e. The molecule has 1 rings (SSSR count). The maximum absolute atomic E-state index is 11.0. The van der Waals surface area contributed by atoms with Crippen LogP contribution in [0.2, 0.25) is 0 Å². The molecule has 2 N–H and O–H groups in total. The number of esters is 1. The molecule has 0 aliphatic carbocycles. The molecule has 0 saturated heterocycles. The number of aryl methyl sites for hydroxylation is 1. The van der Waals surface area contributed by atoms with Gasteiger partial charge in [0, 0.05) is 10.9 Å². The Labute approximate surface area is 113 Å². The summed E-state index contributed by atoms with van der Waals surface area (Å²) in [5, 5.41) is 18.1. The Balaban J connectivity index is 2.80. The van der Waals surface area contributed by atoms with Gasteiger partial charge in [0.15, 0.2) is 6.10 Å². The average Bonchev–Trinajstić information content (AvgIpc) is 2.35. The molecule has 18 heavy (non-hydrogen) atoms. The maximum atomic E-state index is 11.0. The fourth-order valence-electron chi connectivity index (χ4n) is 1.42. The van der Waals surface area contributed by atoms with Crippen molar-refractivity contribution in [3.8, 4) is 0 Å². The highest BCUT2D eigenvalue weighted by molar-refractivity contribution is 9.10. The van der Waals surface area contributed by atoms with Gasteiger partial charge in [-0.05, 0) is 23.6 Å². The Bertz CT molecular complexity index is 458. The van der Waals surface area contributed by atoms with E-state index in [9.17, 15) is 14.7 Å². The fourth-order valence-corrected chi connectivity index (χ4v) is 2.01. The topological polar surface area (TPSA) is 83.8 Å². The summed E-state index contributed by atoms with van der Waals surface area (Å²) in [5.41, 5.74) is 1.14. The van der Waals surface area contributed by atoms with Crippen LogP contribution in [0.4, 0.5) is 0 Å². The molecule has 0 spiro atoms. The fraction of sp³-hybridized carbons (Fsp3) is 0.333. The van der Waals surface area contributed by atoms with E-state index in [-0.39, 0.29) is 18.0 Å². The molecule has 0 amide bonds. The largest absolute Gasteiger partial charge is 0.479 e. The lowest BCUT2D eigenvalue weighted by atomic mass is 10.0. The van der Waals surface area contributed by atoms with E-state index < -0.39 is 12.1 Å². The lowest BCUT2D eigenvalue weighted by Crippen LogP contribution is -2.10. The smallest absolute Gasteiger partial charge is 0.337 e. The van der Waals surface area contributed by atoms with Crippen LogP contribution in [0.25, 0.3) is 0 Å². The summed E-state index contributed by atoms with van der Waals surface area (Å²) in [6, 6.07) is 4.73. The first-order chi connectivity index (χ1) is 8.45. The molecule has 0 heterocycles. The number of aliphatic carboxylic acids is 1. The van der Waals surface area contributed by atoms with E-state index in [1.165, 1.54) is 19.2 Å². The van der Waals surface area contributed by atoms with Crippen LogP contribution in [-0.2, 0) is 20.7 Å². The van der Waals surface area contributed by atoms with Crippen molar-refractivity contribution in [1.82, 2.24) is 0 Å². The number of aliphatic hydroxyl groups excluding tert-OH is 1. The highest BCUT2D eigenvalue weighted by atomic mass is 79.9. The number of carbonyl (C=O) groups excluding carboxylic acids is 1. The average molecular weight is 317 g/mol. The first-order valence-electron chi connectivity index (χ1n) is 5.21. The van der Waals surface area contributed by atoms with Crippen LogP contribution in [0.3, 0.4) is 0 Å². The summed E-state index contributed by atoms with van der Waals surface area (Å²) in [4.78, 5) is 21.6. The normalized spacial score (nSPS) is 11.9. The lowest BCUT2D eigenvalue weighted by Gasteiger charge is -2.09. The number of carbonyl (C=O) groups is 2. The van der Waals surface area contributed by atoms with Crippen molar-refractivity contribution in [2.24, 2.45) is 0 Å². The van der Waals surface area contributed by atoms with Crippen molar-refractivity contribution < 1.29 is 24.5 Å². The summed E-state index contributed by atoms with van der Waals surface area (Å²) in [7, 11) is 1.32. The number of rotatable bonds is 5. The van der Waals surface area contributed by atoms with Crippen molar-refractivity contribution in [1.29, 1.82) is 0 Å². The number of carboxylic acids is 1. The van der Waals surface area contributed by atoms with Crippen molar-refractivity contribution in [3.05, 3.63) is 33.8 Å². The Kier molecular flexibility index (Phi) is 5.30. The Morgan fingerprint density at radius 2 is 2.11 bits per heavy atom. The lowest BCUT2D eigenvalue weighted by molar-refractivity contribution is -0.147. The van der Waals surface area contributed by atoms with Crippen LogP contribution in [0.15, 0.2) is 22.7 Å². The van der Waals surface area contributed by atoms with Crippen molar-refractivity contribution >= 4 is 27.9 Å². The van der Waals surface area contributed by atoms with E-state index >= 15 is 0 Å². The van der Waals surface area contributed by atoms with Gasteiger partial charge in [0.25, 0.3) is 0 Å². The molecule has 0 saturated carbocycles. The maximum Gasteiger partial charge on any atom is 0.337 e. The Morgan fingerprint density at radius 3 is 2.61 bits per heavy atom. The molecule has 0 aromatic heterocycles. The second-order valence-corrected chi connectivity index (χ2v) is 4.52. The SMILES string of the molecule is COC(=O)CCc1ccc(C(O)C(=O)O)cc1Br. The summed E-state index contributed by atoms with van der Waals surface area (Å²) in [6.07, 6.45) is -0.817. The van der Waals surface area contributed by atoms with E-state index in [1.54, 1.807) is 6.07 Å². The second kappa shape index (κ2) is 6.51. The molecule has 5 nitrogen and oxygen atoms in total. The summed E-state index contributed by atoms with van der Waals surface area (Å²) in [5.74, 6) is -1.61. The molecular formula is C12H13BrO5. The van der Waals surface area contributed by atoms with E-state index in [0.29, 0.717) is 10.9 Å². The van der Waals surface area contributed by atoms with Crippen LogP contribution in [0.5, 0.6) is 0 Å². The van der Waals surface area contributed by atoms with E-state index in [0.717, 1.165) is 5.56 Å². The van der Waals surface area contributed by atoms with E-state index in [2.05, 4.69) is 20.7 Å². The summed E-state index contributed by atoms with van der Waals surface area (Å²) >= 11 is 3.28. The highest BCUT2D eigenvalue weighted by Gasteiger charge is 2.16. The van der Waals surface area contributed by atoms with Gasteiger partial charge in [0.05, 0.1) is 7.11 Å². The second-order valence-electron chi connectivity index (χ2n) is 3.67. The van der Waals surface area contributed by atoms with Crippen molar-refractivity contribution in [2.45, 2.75) is 18.9 Å². The Morgan fingerprint density at radius 1 is 1.44 bits per heavy atom. The molecule has 6 heteroatoms. The third-order valence-electron chi connectivity index (χ3n) is 2.45. The van der Waals surface area contributed by atoms with Gasteiger partial charge < -0.3 is 14.9 Å². The molecule has 0 bridgehead atoms. The van der Waals surface area contributed by atoms with E-state index in [4.69, 9.17) is 5.11 Å². The van der Waals surface area contributed by atoms with E-state index in [1.807, 2.05) is 0 Å². The zero-order valence-electron chi connectivity index (χ0n) is 9.72. The number of hydrogen-bond donors (Lipinski definition) is 2. The summed E-state index contributed by atoms with van der Waals surface area (Å²) in [6.45, 7) is 0. The van der Waals surface area contributed by atoms with Gasteiger partial charge in [-0.2, -0.15) is 0 Å². The van der Waals surface area contributed by atoms with Crippen LogP contribution in [0, 0.1) is 0 Å². The van der Waals surface area contributed by atoms with Crippen molar-refractivity contribution in [3.63, 3.8) is 0 Å². The molecule has 0 radical (unpaired) electrons. The molecule has 1 aromatic rings. The van der Waals surface area contributed by atoms with Crippen LogP contribution in [-0.4, -0.2) is 29.3 Å². The van der Waals surface area contributed by atoms with Crippen molar-refractivity contribution in [2.75, 3.05) is 7.11 Å². The number of ether oxygens (including phenoxy) is 1. The number of methoxy groups -OCH3 is 1. The number of hydrogen-bond acceptors (Lipinski definition) is 4. The van der Waals surface area contributed by atoms with Gasteiger partial charge in [-0.3, -0.25) is 4.79 Å². The van der Waals surface area contributed by atoms with Gasteiger partial charge in [0.1, 0.15) is 0 Å². The molecule has 0 aliphatic rings. The third-order valence-corrected chi connectivity index (χ3v) is 3.19. The highest BCUT2D eigenvalue weighted by Crippen LogP contribution is 2.23. The minimum atomic E-state index is -1.55. The first kappa shape index (κ1) is 14.7. The molecule has 98 valence electrons. The quantitative estimate of drug-likeness (QED) is 0.807. The number of benzene rings is 1. The van der Waals surface area contributed by atoms with Gasteiger partial charge in [-0.25, -0.2) is 4.79 Å². The van der Waals surface area contributed by atoms with Gasteiger partial charge in [-0.15, -0.1) is 0 Å². The number of carboxylic acid groups (broad SMARTS) is 1. The van der Waals surface area contributed by atoms with Gasteiger partial charge in [-0.1, -0.05) is 28.1 Å². The predicted octanol–water partition coefficient (Wildman–Crippen LogP) is 1.67. The first-order valence-corrected chi connectivity index (χ1v) is 6.01. The van der Waals surface area contributed by atoms with Crippen LogP contribution >= 0.6 is 15.9 Å². The zero-order valence-corrected chi connectivity index (χ0v) is 11.3. The number of aliphatic hydroxyl groups is 1. The van der Waals surface area contributed by atoms with Gasteiger partial charge in [0.2, 0.25) is 0 Å². The molecule has 1 atom stereocenters.